The van der Waals surface area contributed by atoms with Crippen LogP contribution in [0.25, 0.3) is 0 Å². The van der Waals surface area contributed by atoms with Crippen molar-refractivity contribution in [2.24, 2.45) is 0 Å². The van der Waals surface area contributed by atoms with Crippen molar-refractivity contribution in [2.75, 3.05) is 6.54 Å². The van der Waals surface area contributed by atoms with Gasteiger partial charge >= 0.3 is 0 Å². The van der Waals surface area contributed by atoms with Gasteiger partial charge in [0.25, 0.3) is 0 Å². The molecule has 70 valence electrons. The summed E-state index contributed by atoms with van der Waals surface area (Å²) in [4.78, 5) is 0. The summed E-state index contributed by atoms with van der Waals surface area (Å²) < 4.78 is 12.9. The number of nitrogens with two attached hydrogens (primary N) is 1. The van der Waals surface area contributed by atoms with E-state index >= 15 is 0 Å². The Morgan fingerprint density at radius 2 is 2.23 bits per heavy atom. The molecule has 1 aromatic rings. The van der Waals surface area contributed by atoms with Gasteiger partial charge in [0.1, 0.15) is 11.9 Å². The maximum atomic E-state index is 12.9. The van der Waals surface area contributed by atoms with E-state index in [1.807, 2.05) is 6.07 Å². The Labute approximate surface area is 78.0 Å². The molecule has 1 heterocycles. The normalized spacial score (nSPS) is 23.0. The van der Waals surface area contributed by atoms with Gasteiger partial charge in [-0.2, -0.15) is 0 Å². The summed E-state index contributed by atoms with van der Waals surface area (Å²) in [5.41, 5.74) is 1.14. The van der Waals surface area contributed by atoms with Crippen molar-refractivity contribution in [3.63, 3.8) is 0 Å². The molecular formula is C11H15FN+. The first-order valence-corrected chi connectivity index (χ1v) is 4.95. The van der Waals surface area contributed by atoms with E-state index in [1.165, 1.54) is 31.9 Å². The van der Waals surface area contributed by atoms with Crippen molar-refractivity contribution in [1.82, 2.24) is 0 Å². The Hall–Kier alpha value is -0.890. The van der Waals surface area contributed by atoms with Crippen molar-refractivity contribution in [3.8, 4) is 0 Å². The van der Waals surface area contributed by atoms with Gasteiger partial charge in [-0.05, 0) is 25.0 Å². The van der Waals surface area contributed by atoms with Crippen LogP contribution in [-0.4, -0.2) is 6.54 Å². The van der Waals surface area contributed by atoms with Crippen molar-refractivity contribution in [2.45, 2.75) is 25.3 Å². The minimum absolute atomic E-state index is 0.114. The van der Waals surface area contributed by atoms with Crippen molar-refractivity contribution >= 4 is 0 Å². The highest BCUT2D eigenvalue weighted by Crippen LogP contribution is 2.18. The smallest absolute Gasteiger partial charge is 0.123 e. The monoisotopic (exact) mass is 180 g/mol. The molecule has 0 aromatic heterocycles. The summed E-state index contributed by atoms with van der Waals surface area (Å²) in [7, 11) is 0. The zero-order chi connectivity index (χ0) is 9.10. The van der Waals surface area contributed by atoms with E-state index in [0.29, 0.717) is 6.04 Å². The van der Waals surface area contributed by atoms with E-state index in [9.17, 15) is 4.39 Å². The lowest BCUT2D eigenvalue weighted by molar-refractivity contribution is -0.704. The Morgan fingerprint density at radius 3 is 2.92 bits per heavy atom. The molecule has 1 aliphatic rings. The molecule has 1 aliphatic heterocycles. The summed E-state index contributed by atoms with van der Waals surface area (Å²) in [6.07, 6.45) is 3.76. The molecule has 0 spiro atoms. The van der Waals surface area contributed by atoms with Crippen LogP contribution < -0.4 is 5.32 Å². The average molecular weight is 180 g/mol. The fourth-order valence-electron chi connectivity index (χ4n) is 1.99. The number of piperidine rings is 1. The summed E-state index contributed by atoms with van der Waals surface area (Å²) in [6.45, 7) is 1.18. The maximum absolute atomic E-state index is 12.9. The second-order valence-electron chi connectivity index (χ2n) is 3.68. The molecular weight excluding hydrogens is 165 g/mol. The van der Waals surface area contributed by atoms with Gasteiger partial charge in [-0.25, -0.2) is 4.39 Å². The molecule has 2 N–H and O–H groups in total. The van der Waals surface area contributed by atoms with Gasteiger partial charge in [0, 0.05) is 12.0 Å². The number of rotatable bonds is 1. The summed E-state index contributed by atoms with van der Waals surface area (Å²) >= 11 is 0. The predicted molar refractivity (Wildman–Crippen MR) is 49.8 cm³/mol. The zero-order valence-corrected chi connectivity index (χ0v) is 7.67. The largest absolute Gasteiger partial charge is 0.340 e. The third-order valence-corrected chi connectivity index (χ3v) is 2.70. The number of benzene rings is 1. The summed E-state index contributed by atoms with van der Waals surface area (Å²) in [5, 5.41) is 2.32. The molecule has 2 rings (SSSR count). The SMILES string of the molecule is Fc1cccc([C@@H]2CCCC[NH2+]2)c1. The fourth-order valence-corrected chi connectivity index (χ4v) is 1.99. The van der Waals surface area contributed by atoms with Gasteiger partial charge in [-0.1, -0.05) is 12.1 Å². The Balaban J connectivity index is 2.14. The first-order valence-electron chi connectivity index (χ1n) is 4.95. The van der Waals surface area contributed by atoms with E-state index < -0.39 is 0 Å². The van der Waals surface area contributed by atoms with Crippen LogP contribution in [0.3, 0.4) is 0 Å². The molecule has 0 saturated carbocycles. The van der Waals surface area contributed by atoms with E-state index in [4.69, 9.17) is 0 Å². The lowest BCUT2D eigenvalue weighted by atomic mass is 9.98. The highest BCUT2D eigenvalue weighted by atomic mass is 19.1. The highest BCUT2D eigenvalue weighted by molar-refractivity contribution is 5.18. The highest BCUT2D eigenvalue weighted by Gasteiger charge is 2.18. The Bertz CT molecular complexity index is 279. The van der Waals surface area contributed by atoms with E-state index in [0.717, 1.165) is 5.56 Å². The van der Waals surface area contributed by atoms with Crippen LogP contribution >= 0.6 is 0 Å². The lowest BCUT2D eigenvalue weighted by Gasteiger charge is -2.20. The van der Waals surface area contributed by atoms with Crippen LogP contribution in [0.4, 0.5) is 4.39 Å². The number of halogens is 1. The Kier molecular flexibility index (Phi) is 2.60. The van der Waals surface area contributed by atoms with Gasteiger partial charge in [0.2, 0.25) is 0 Å². The number of hydrogen-bond acceptors (Lipinski definition) is 0. The fraction of sp³-hybridized carbons (Fsp3) is 0.455. The minimum atomic E-state index is -0.114. The molecule has 1 atom stereocenters. The standard InChI is InChI=1S/C11H14FN/c12-10-5-3-4-9(8-10)11-6-1-2-7-13-11/h3-5,8,11,13H,1-2,6-7H2/p+1/t11-/m0/s1. The topological polar surface area (TPSA) is 16.6 Å². The van der Waals surface area contributed by atoms with Crippen LogP contribution in [0, 0.1) is 5.82 Å². The molecule has 0 radical (unpaired) electrons. The molecule has 1 aromatic carbocycles. The molecule has 0 unspecified atom stereocenters. The first-order chi connectivity index (χ1) is 6.36. The van der Waals surface area contributed by atoms with E-state index in [-0.39, 0.29) is 5.82 Å². The third kappa shape index (κ3) is 2.07. The molecule has 1 nitrogen and oxygen atoms in total. The van der Waals surface area contributed by atoms with E-state index in [1.54, 1.807) is 12.1 Å². The van der Waals surface area contributed by atoms with E-state index in [2.05, 4.69) is 5.32 Å². The minimum Gasteiger partial charge on any atom is -0.340 e. The molecule has 0 bridgehead atoms. The first kappa shape index (κ1) is 8.70. The Morgan fingerprint density at radius 1 is 1.31 bits per heavy atom. The van der Waals surface area contributed by atoms with Crippen LogP contribution in [0.2, 0.25) is 0 Å². The molecule has 2 heteroatoms. The van der Waals surface area contributed by atoms with Crippen LogP contribution in [-0.2, 0) is 0 Å². The summed E-state index contributed by atoms with van der Waals surface area (Å²) in [6, 6.07) is 7.48. The predicted octanol–water partition coefficient (Wildman–Crippen LogP) is 1.61. The lowest BCUT2D eigenvalue weighted by Crippen LogP contribution is -2.86. The quantitative estimate of drug-likeness (QED) is 0.676. The molecule has 0 amide bonds. The molecule has 0 aliphatic carbocycles. The van der Waals surface area contributed by atoms with Gasteiger partial charge < -0.3 is 5.32 Å². The van der Waals surface area contributed by atoms with Crippen molar-refractivity contribution < 1.29 is 9.71 Å². The van der Waals surface area contributed by atoms with Gasteiger partial charge in [0.15, 0.2) is 0 Å². The van der Waals surface area contributed by atoms with Gasteiger partial charge in [-0.3, -0.25) is 0 Å². The van der Waals surface area contributed by atoms with Gasteiger partial charge in [-0.15, -0.1) is 0 Å². The zero-order valence-electron chi connectivity index (χ0n) is 7.67. The second kappa shape index (κ2) is 3.88. The third-order valence-electron chi connectivity index (χ3n) is 2.70. The maximum Gasteiger partial charge on any atom is 0.123 e. The van der Waals surface area contributed by atoms with Crippen LogP contribution in [0.15, 0.2) is 24.3 Å². The summed E-state index contributed by atoms with van der Waals surface area (Å²) in [5.74, 6) is -0.114. The number of quaternary nitrogens is 1. The number of hydrogen-bond donors (Lipinski definition) is 1. The van der Waals surface area contributed by atoms with Crippen molar-refractivity contribution in [3.05, 3.63) is 35.6 Å². The van der Waals surface area contributed by atoms with Gasteiger partial charge in [0.05, 0.1) is 6.54 Å². The average Bonchev–Trinajstić information content (AvgIpc) is 2.19. The molecule has 1 fully saturated rings. The molecule has 1 saturated heterocycles. The van der Waals surface area contributed by atoms with Crippen LogP contribution in [0.1, 0.15) is 30.9 Å². The second-order valence-corrected chi connectivity index (χ2v) is 3.68. The molecule has 13 heavy (non-hydrogen) atoms. The van der Waals surface area contributed by atoms with Crippen molar-refractivity contribution in [1.29, 1.82) is 0 Å². The van der Waals surface area contributed by atoms with Crippen LogP contribution in [0.5, 0.6) is 0 Å².